The number of phenols is 1. The zero-order chi connectivity index (χ0) is 17.8. The van der Waals surface area contributed by atoms with Gasteiger partial charge in [-0.25, -0.2) is 0 Å². The van der Waals surface area contributed by atoms with Gasteiger partial charge in [0.2, 0.25) is 0 Å². The fourth-order valence-electron chi connectivity index (χ4n) is 3.16. The molecule has 0 spiro atoms. The van der Waals surface area contributed by atoms with Crippen molar-refractivity contribution in [3.63, 3.8) is 0 Å². The molecule has 0 saturated carbocycles. The molecule has 0 unspecified atom stereocenters. The number of anilines is 1. The molecule has 6 nitrogen and oxygen atoms in total. The molecule has 25 heavy (non-hydrogen) atoms. The van der Waals surface area contributed by atoms with E-state index in [1.54, 1.807) is 17.0 Å². The molecular weight excluding hydrogens is 318 g/mol. The van der Waals surface area contributed by atoms with Gasteiger partial charge in [0.05, 0.1) is 32.7 Å². The number of aryl methyl sites for hydroxylation is 1. The lowest BCUT2D eigenvalue weighted by atomic mass is 10.2. The molecule has 1 fully saturated rings. The highest BCUT2D eigenvalue weighted by molar-refractivity contribution is 5.76. The molecule has 1 amide bonds. The van der Waals surface area contributed by atoms with Crippen molar-refractivity contribution in [1.82, 2.24) is 4.90 Å². The highest BCUT2D eigenvalue weighted by Gasteiger charge is 2.24. The number of aromatic hydroxyl groups is 1. The molecule has 0 aliphatic carbocycles. The van der Waals surface area contributed by atoms with Gasteiger partial charge < -0.3 is 24.2 Å². The standard InChI is InChI=1S/C19H25N3O3/c1-15-3-8-18(25-15)13-20(2)19(24)14-21-9-11-22(12-10-21)16-4-6-17(23)7-5-16/h3-8,23H,9-14H2,1-2H3/p+1. The van der Waals surface area contributed by atoms with Crippen LogP contribution in [0.15, 0.2) is 40.8 Å². The van der Waals surface area contributed by atoms with Crippen LogP contribution in [0.2, 0.25) is 0 Å². The van der Waals surface area contributed by atoms with Crippen molar-refractivity contribution >= 4 is 11.6 Å². The smallest absolute Gasteiger partial charge is 0.277 e. The second-order valence-corrected chi connectivity index (χ2v) is 6.69. The maximum atomic E-state index is 12.4. The van der Waals surface area contributed by atoms with Crippen LogP contribution >= 0.6 is 0 Å². The molecule has 2 N–H and O–H groups in total. The van der Waals surface area contributed by atoms with Crippen LogP contribution in [0.4, 0.5) is 5.69 Å². The number of amides is 1. The third-order valence-corrected chi connectivity index (χ3v) is 4.70. The number of nitrogens with zero attached hydrogens (tertiary/aromatic N) is 2. The Balaban J connectivity index is 1.46. The van der Waals surface area contributed by atoms with E-state index >= 15 is 0 Å². The Hall–Kier alpha value is -2.47. The van der Waals surface area contributed by atoms with Gasteiger partial charge in [0.15, 0.2) is 6.54 Å². The van der Waals surface area contributed by atoms with Gasteiger partial charge in [-0.3, -0.25) is 4.79 Å². The molecule has 1 aliphatic rings. The van der Waals surface area contributed by atoms with Gasteiger partial charge in [0, 0.05) is 12.7 Å². The number of phenolic OH excluding ortho intramolecular Hbond substituents is 1. The maximum Gasteiger partial charge on any atom is 0.277 e. The van der Waals surface area contributed by atoms with Gasteiger partial charge in [-0.1, -0.05) is 0 Å². The molecule has 0 atom stereocenters. The van der Waals surface area contributed by atoms with Crippen molar-refractivity contribution in [3.8, 4) is 5.75 Å². The van der Waals surface area contributed by atoms with Crippen molar-refractivity contribution in [2.75, 3.05) is 44.7 Å². The molecule has 3 rings (SSSR count). The van der Waals surface area contributed by atoms with Crippen LogP contribution in [0.3, 0.4) is 0 Å². The minimum Gasteiger partial charge on any atom is -0.508 e. The van der Waals surface area contributed by atoms with Gasteiger partial charge in [0.1, 0.15) is 17.3 Å². The third kappa shape index (κ3) is 4.54. The number of carbonyl (C=O) groups is 1. The number of rotatable bonds is 5. The third-order valence-electron chi connectivity index (χ3n) is 4.70. The number of hydrogen-bond acceptors (Lipinski definition) is 4. The molecule has 2 heterocycles. The fourth-order valence-corrected chi connectivity index (χ4v) is 3.16. The molecule has 134 valence electrons. The molecule has 1 aromatic carbocycles. The minimum absolute atomic E-state index is 0.141. The summed E-state index contributed by atoms with van der Waals surface area (Å²) in [5, 5.41) is 9.38. The maximum absolute atomic E-state index is 12.4. The van der Waals surface area contributed by atoms with Crippen LogP contribution in [-0.4, -0.2) is 55.7 Å². The van der Waals surface area contributed by atoms with Gasteiger partial charge in [-0.15, -0.1) is 0 Å². The van der Waals surface area contributed by atoms with Gasteiger partial charge in [-0.2, -0.15) is 0 Å². The average molecular weight is 344 g/mol. The Kier molecular flexibility index (Phi) is 5.28. The molecular formula is C19H26N3O3+. The Morgan fingerprint density at radius 3 is 2.48 bits per heavy atom. The number of likely N-dealkylation sites (N-methyl/N-ethyl adjacent to an activating group) is 1. The van der Waals surface area contributed by atoms with E-state index in [4.69, 9.17) is 4.42 Å². The summed E-state index contributed by atoms with van der Waals surface area (Å²) in [7, 11) is 1.83. The lowest BCUT2D eigenvalue weighted by Gasteiger charge is -2.33. The second kappa shape index (κ2) is 7.61. The summed E-state index contributed by atoms with van der Waals surface area (Å²) >= 11 is 0. The first-order valence-corrected chi connectivity index (χ1v) is 8.68. The normalized spacial score (nSPS) is 15.4. The average Bonchev–Trinajstić information content (AvgIpc) is 3.01. The number of nitrogens with one attached hydrogen (secondary N) is 1. The van der Waals surface area contributed by atoms with E-state index < -0.39 is 0 Å². The summed E-state index contributed by atoms with van der Waals surface area (Å²) in [6.45, 7) is 6.62. The molecule has 1 saturated heterocycles. The van der Waals surface area contributed by atoms with Gasteiger partial charge >= 0.3 is 0 Å². The first-order valence-electron chi connectivity index (χ1n) is 8.68. The molecule has 1 aliphatic heterocycles. The summed E-state index contributed by atoms with van der Waals surface area (Å²) in [5.74, 6) is 2.11. The lowest BCUT2D eigenvalue weighted by molar-refractivity contribution is -0.892. The summed E-state index contributed by atoms with van der Waals surface area (Å²) in [5.41, 5.74) is 1.12. The highest BCUT2D eigenvalue weighted by atomic mass is 16.3. The Labute approximate surface area is 148 Å². The number of piperazine rings is 1. The van der Waals surface area contributed by atoms with Crippen LogP contribution in [0, 0.1) is 6.92 Å². The van der Waals surface area contributed by atoms with E-state index in [0.29, 0.717) is 13.1 Å². The van der Waals surface area contributed by atoms with Crippen LogP contribution in [0.25, 0.3) is 0 Å². The number of benzene rings is 1. The Morgan fingerprint density at radius 2 is 1.88 bits per heavy atom. The number of furan rings is 1. The zero-order valence-electron chi connectivity index (χ0n) is 14.9. The van der Waals surface area contributed by atoms with E-state index in [-0.39, 0.29) is 11.7 Å². The lowest BCUT2D eigenvalue weighted by Crippen LogP contribution is -3.15. The van der Waals surface area contributed by atoms with E-state index in [2.05, 4.69) is 4.90 Å². The van der Waals surface area contributed by atoms with E-state index in [1.807, 2.05) is 38.2 Å². The van der Waals surface area contributed by atoms with Crippen LogP contribution in [0.5, 0.6) is 5.75 Å². The van der Waals surface area contributed by atoms with Crippen molar-refractivity contribution < 1.29 is 19.2 Å². The van der Waals surface area contributed by atoms with Gasteiger partial charge in [0.25, 0.3) is 5.91 Å². The minimum atomic E-state index is 0.141. The topological polar surface area (TPSA) is 61.4 Å². The number of carbonyl (C=O) groups excluding carboxylic acids is 1. The van der Waals surface area contributed by atoms with Crippen LogP contribution in [0.1, 0.15) is 11.5 Å². The van der Waals surface area contributed by atoms with Crippen LogP contribution < -0.4 is 9.80 Å². The van der Waals surface area contributed by atoms with Crippen LogP contribution in [-0.2, 0) is 11.3 Å². The summed E-state index contributed by atoms with van der Waals surface area (Å²) in [6, 6.07) is 11.1. The molecule has 2 aromatic rings. The van der Waals surface area contributed by atoms with Crippen molar-refractivity contribution in [2.45, 2.75) is 13.5 Å². The second-order valence-electron chi connectivity index (χ2n) is 6.69. The molecule has 0 radical (unpaired) electrons. The van der Waals surface area contributed by atoms with E-state index in [0.717, 1.165) is 43.4 Å². The van der Waals surface area contributed by atoms with Crippen molar-refractivity contribution in [2.24, 2.45) is 0 Å². The predicted molar refractivity (Wildman–Crippen MR) is 95.8 cm³/mol. The van der Waals surface area contributed by atoms with Crippen molar-refractivity contribution in [3.05, 3.63) is 47.9 Å². The Morgan fingerprint density at radius 1 is 1.20 bits per heavy atom. The molecule has 1 aromatic heterocycles. The van der Waals surface area contributed by atoms with Crippen molar-refractivity contribution in [1.29, 1.82) is 0 Å². The first-order chi connectivity index (χ1) is 12.0. The zero-order valence-corrected chi connectivity index (χ0v) is 14.9. The molecule has 0 bridgehead atoms. The van der Waals surface area contributed by atoms with E-state index in [9.17, 15) is 9.90 Å². The predicted octanol–water partition coefficient (Wildman–Crippen LogP) is 0.657. The Bertz CT molecular complexity index is 703. The summed E-state index contributed by atoms with van der Waals surface area (Å²) in [6.07, 6.45) is 0. The highest BCUT2D eigenvalue weighted by Crippen LogP contribution is 2.18. The molecule has 6 heteroatoms. The number of quaternary nitrogens is 1. The first kappa shape index (κ1) is 17.4. The number of hydrogen-bond donors (Lipinski definition) is 2. The quantitative estimate of drug-likeness (QED) is 0.836. The monoisotopic (exact) mass is 344 g/mol. The van der Waals surface area contributed by atoms with E-state index in [1.165, 1.54) is 4.90 Å². The largest absolute Gasteiger partial charge is 0.508 e. The summed E-state index contributed by atoms with van der Waals surface area (Å²) in [4.78, 5) is 17.8. The fraction of sp³-hybridized carbons (Fsp3) is 0.421. The SMILES string of the molecule is Cc1ccc(CN(C)C(=O)C[NH+]2CCN(c3ccc(O)cc3)CC2)o1. The van der Waals surface area contributed by atoms with Gasteiger partial charge in [-0.05, 0) is 43.3 Å². The summed E-state index contributed by atoms with van der Waals surface area (Å²) < 4.78 is 5.54.